The molecule has 3 heterocycles. The maximum atomic E-state index is 13.1. The Hall–Kier alpha value is -3.35. The molecule has 160 valence electrons. The Morgan fingerprint density at radius 2 is 1.81 bits per heavy atom. The number of ether oxygens (including phenoxy) is 1. The van der Waals surface area contributed by atoms with Gasteiger partial charge in [-0.15, -0.1) is 0 Å². The normalized spacial score (nSPS) is 19.7. The maximum absolute atomic E-state index is 13.1. The van der Waals surface area contributed by atoms with Crippen molar-refractivity contribution in [3.8, 4) is 5.75 Å². The molecular formula is C24H25N3O4. The van der Waals surface area contributed by atoms with Crippen LogP contribution >= 0.6 is 0 Å². The van der Waals surface area contributed by atoms with E-state index in [4.69, 9.17) is 4.74 Å². The number of hydrogen-bond acceptors (Lipinski definition) is 4. The van der Waals surface area contributed by atoms with Crippen molar-refractivity contribution in [2.24, 2.45) is 0 Å². The lowest BCUT2D eigenvalue weighted by atomic mass is 9.85. The topological polar surface area (TPSA) is 70.2 Å². The average Bonchev–Trinajstić information content (AvgIpc) is 3.34. The van der Waals surface area contributed by atoms with Crippen LogP contribution in [-0.4, -0.2) is 64.8 Å². The predicted octanol–water partition coefficient (Wildman–Crippen LogP) is 2.69. The van der Waals surface area contributed by atoms with Crippen LogP contribution in [0.4, 0.5) is 4.79 Å². The fraction of sp³-hybridized carbons (Fsp3) is 0.375. The van der Waals surface area contributed by atoms with E-state index in [1.807, 2.05) is 42.5 Å². The molecule has 0 radical (unpaired) electrons. The van der Waals surface area contributed by atoms with Crippen molar-refractivity contribution >= 4 is 17.8 Å². The zero-order chi connectivity index (χ0) is 21.6. The Bertz CT molecular complexity index is 1040. The zero-order valence-corrected chi connectivity index (χ0v) is 17.5. The van der Waals surface area contributed by atoms with Crippen molar-refractivity contribution in [2.75, 3.05) is 26.7 Å². The number of hydrogen-bond donors (Lipinski definition) is 0. The number of carbonyl (C=O) groups is 3. The Morgan fingerprint density at radius 3 is 2.55 bits per heavy atom. The minimum atomic E-state index is -0.885. The van der Waals surface area contributed by atoms with Crippen LogP contribution in [0.2, 0.25) is 0 Å². The third-order valence-corrected chi connectivity index (χ3v) is 6.73. The van der Waals surface area contributed by atoms with E-state index in [9.17, 15) is 14.4 Å². The van der Waals surface area contributed by atoms with E-state index < -0.39 is 5.54 Å². The number of carbonyl (C=O) groups excluding carboxylic acids is 3. The molecule has 0 unspecified atom stereocenters. The van der Waals surface area contributed by atoms with Crippen molar-refractivity contribution in [1.82, 2.24) is 14.7 Å². The van der Waals surface area contributed by atoms with Gasteiger partial charge >= 0.3 is 6.03 Å². The molecule has 31 heavy (non-hydrogen) atoms. The van der Waals surface area contributed by atoms with E-state index in [-0.39, 0.29) is 17.8 Å². The van der Waals surface area contributed by atoms with Crippen LogP contribution in [0.25, 0.3) is 0 Å². The molecule has 2 aromatic carbocycles. The zero-order valence-electron chi connectivity index (χ0n) is 17.5. The maximum Gasteiger partial charge on any atom is 0.327 e. The van der Waals surface area contributed by atoms with Crippen molar-refractivity contribution in [3.63, 3.8) is 0 Å². The summed E-state index contributed by atoms with van der Waals surface area (Å²) in [6, 6.07) is 15.0. The van der Waals surface area contributed by atoms with Crippen molar-refractivity contribution < 1.29 is 19.1 Å². The first kappa shape index (κ1) is 19.6. The lowest BCUT2D eigenvalue weighted by Crippen LogP contribution is -2.57. The molecule has 2 fully saturated rings. The Labute approximate surface area is 181 Å². The highest BCUT2D eigenvalue weighted by Crippen LogP contribution is 2.38. The molecule has 0 aromatic heterocycles. The lowest BCUT2D eigenvalue weighted by Gasteiger charge is -2.42. The standard InChI is InChI=1S/C24H25N3O4/c1-25-22(29)24(27(23(25)30)16-17-5-3-2-4-6-17)10-12-26(13-11-24)21(28)19-7-8-20-18(15-19)9-14-31-20/h2-8,15H,9-14,16H2,1H3. The van der Waals surface area contributed by atoms with Gasteiger partial charge in [0.25, 0.3) is 11.8 Å². The van der Waals surface area contributed by atoms with E-state index >= 15 is 0 Å². The summed E-state index contributed by atoms with van der Waals surface area (Å²) < 4.78 is 5.53. The molecule has 0 N–H and O–H groups in total. The highest BCUT2D eigenvalue weighted by atomic mass is 16.5. The molecule has 5 rings (SSSR count). The number of piperidine rings is 1. The van der Waals surface area contributed by atoms with Gasteiger partial charge in [-0.1, -0.05) is 30.3 Å². The summed E-state index contributed by atoms with van der Waals surface area (Å²) in [6.07, 6.45) is 1.69. The van der Waals surface area contributed by atoms with E-state index in [0.29, 0.717) is 44.6 Å². The van der Waals surface area contributed by atoms with E-state index in [1.54, 1.807) is 22.9 Å². The summed E-state index contributed by atoms with van der Waals surface area (Å²) in [5.74, 6) is 0.642. The second-order valence-corrected chi connectivity index (χ2v) is 8.46. The van der Waals surface area contributed by atoms with Gasteiger partial charge in [-0.2, -0.15) is 0 Å². The molecule has 4 amide bonds. The average molecular weight is 419 g/mol. The van der Waals surface area contributed by atoms with Crippen LogP contribution in [-0.2, 0) is 17.8 Å². The number of rotatable bonds is 3. The second kappa shape index (κ2) is 7.41. The van der Waals surface area contributed by atoms with E-state index in [0.717, 1.165) is 23.3 Å². The van der Waals surface area contributed by atoms with Gasteiger partial charge in [0.05, 0.1) is 6.61 Å². The van der Waals surface area contributed by atoms with Crippen LogP contribution in [0, 0.1) is 0 Å². The second-order valence-electron chi connectivity index (χ2n) is 8.46. The summed E-state index contributed by atoms with van der Waals surface area (Å²) >= 11 is 0. The molecule has 0 atom stereocenters. The van der Waals surface area contributed by atoms with Gasteiger partial charge in [-0.25, -0.2) is 4.79 Å². The first-order valence-electron chi connectivity index (χ1n) is 10.7. The predicted molar refractivity (Wildman–Crippen MR) is 114 cm³/mol. The monoisotopic (exact) mass is 419 g/mol. The highest BCUT2D eigenvalue weighted by Gasteiger charge is 2.57. The first-order valence-corrected chi connectivity index (χ1v) is 10.7. The van der Waals surface area contributed by atoms with Crippen molar-refractivity contribution in [3.05, 3.63) is 65.2 Å². The highest BCUT2D eigenvalue weighted by molar-refractivity contribution is 6.07. The fourth-order valence-electron chi connectivity index (χ4n) is 4.93. The number of benzene rings is 2. The van der Waals surface area contributed by atoms with Gasteiger partial charge in [0.2, 0.25) is 0 Å². The minimum Gasteiger partial charge on any atom is -0.493 e. The molecule has 3 aliphatic rings. The number of likely N-dealkylation sites (tertiary alicyclic amines) is 1. The van der Waals surface area contributed by atoms with Crippen LogP contribution in [0.15, 0.2) is 48.5 Å². The smallest absolute Gasteiger partial charge is 0.327 e. The van der Waals surface area contributed by atoms with Gasteiger partial charge in [-0.3, -0.25) is 14.5 Å². The fourth-order valence-corrected chi connectivity index (χ4v) is 4.93. The third kappa shape index (κ3) is 3.15. The Balaban J connectivity index is 1.35. The number of imide groups is 1. The summed E-state index contributed by atoms with van der Waals surface area (Å²) in [5, 5.41) is 0. The largest absolute Gasteiger partial charge is 0.493 e. The Morgan fingerprint density at radius 1 is 1.06 bits per heavy atom. The van der Waals surface area contributed by atoms with Crippen molar-refractivity contribution in [1.29, 1.82) is 0 Å². The summed E-state index contributed by atoms with van der Waals surface area (Å²) in [5.41, 5.74) is 1.81. The minimum absolute atomic E-state index is 0.0377. The number of amides is 4. The number of nitrogens with zero attached hydrogens (tertiary/aromatic N) is 3. The molecule has 0 bridgehead atoms. The van der Waals surface area contributed by atoms with Gasteiger partial charge in [0, 0.05) is 38.7 Å². The molecule has 7 heteroatoms. The lowest BCUT2D eigenvalue weighted by molar-refractivity contribution is -0.134. The third-order valence-electron chi connectivity index (χ3n) is 6.73. The molecule has 0 aliphatic carbocycles. The van der Waals surface area contributed by atoms with Gasteiger partial charge in [0.1, 0.15) is 11.3 Å². The van der Waals surface area contributed by atoms with E-state index in [1.165, 1.54) is 4.90 Å². The first-order chi connectivity index (χ1) is 15.0. The Kier molecular flexibility index (Phi) is 4.68. The van der Waals surface area contributed by atoms with E-state index in [2.05, 4.69) is 0 Å². The molecule has 2 aromatic rings. The summed E-state index contributed by atoms with van der Waals surface area (Å²) in [4.78, 5) is 43.8. The number of urea groups is 1. The molecule has 0 saturated carbocycles. The molecule has 2 saturated heterocycles. The molecule has 7 nitrogen and oxygen atoms in total. The van der Waals surface area contributed by atoms with Crippen LogP contribution in [0.5, 0.6) is 5.75 Å². The number of likely N-dealkylation sites (N-methyl/N-ethyl adjacent to an activating group) is 1. The molecular weight excluding hydrogens is 394 g/mol. The van der Waals surface area contributed by atoms with Crippen LogP contribution in [0.1, 0.15) is 34.3 Å². The summed E-state index contributed by atoms with van der Waals surface area (Å²) in [6.45, 7) is 1.91. The molecule has 3 aliphatic heterocycles. The summed E-state index contributed by atoms with van der Waals surface area (Å²) in [7, 11) is 1.54. The quantitative estimate of drug-likeness (QED) is 0.718. The SMILES string of the molecule is CN1C(=O)N(Cc2ccccc2)C2(CCN(C(=O)c3ccc4c(c3)CCO4)CC2)C1=O. The van der Waals surface area contributed by atoms with Gasteiger partial charge < -0.3 is 14.5 Å². The van der Waals surface area contributed by atoms with Crippen molar-refractivity contribution in [2.45, 2.75) is 31.3 Å². The van der Waals surface area contributed by atoms with Crippen LogP contribution < -0.4 is 4.74 Å². The molecule has 1 spiro atoms. The van der Waals surface area contributed by atoms with Gasteiger partial charge in [0.15, 0.2) is 0 Å². The number of fused-ring (bicyclic) bond motifs is 1. The van der Waals surface area contributed by atoms with Crippen LogP contribution in [0.3, 0.4) is 0 Å². The van der Waals surface area contributed by atoms with Gasteiger partial charge in [-0.05, 0) is 42.2 Å².